The number of hydrogen-bond acceptors (Lipinski definition) is 2. The third-order valence-corrected chi connectivity index (χ3v) is 3.06. The fourth-order valence-corrected chi connectivity index (χ4v) is 2.09. The van der Waals surface area contributed by atoms with Crippen LogP contribution in [0.5, 0.6) is 0 Å². The molecular weight excluding hydrogens is 203 g/mol. The van der Waals surface area contributed by atoms with E-state index in [1.807, 2.05) is 12.1 Å². The zero-order valence-corrected chi connectivity index (χ0v) is 9.58. The largest absolute Gasteiger partial charge is 0.314 e. The van der Waals surface area contributed by atoms with E-state index in [0.29, 0.717) is 0 Å². The number of aryl methyl sites for hydroxylation is 1. The van der Waals surface area contributed by atoms with Gasteiger partial charge in [0.15, 0.2) is 0 Å². The van der Waals surface area contributed by atoms with Gasteiger partial charge in [0.05, 0.1) is 0 Å². The first-order valence-corrected chi connectivity index (χ1v) is 6.02. The summed E-state index contributed by atoms with van der Waals surface area (Å²) in [4.78, 5) is 2.49. The maximum atomic E-state index is 12.7. The molecule has 0 bridgehead atoms. The Morgan fingerprint density at radius 3 is 2.50 bits per heavy atom. The molecule has 1 saturated heterocycles. The molecule has 1 fully saturated rings. The normalized spacial score (nSPS) is 17.6. The lowest BCUT2D eigenvalue weighted by Gasteiger charge is -2.27. The Hall–Kier alpha value is -0.930. The standard InChI is InChI=1S/C13H19FN2/c14-13-5-3-12(4-6-13)2-1-9-16-10-7-15-8-11-16/h3-6,15H,1-2,7-11H2. The Labute approximate surface area is 96.5 Å². The molecule has 16 heavy (non-hydrogen) atoms. The van der Waals surface area contributed by atoms with Gasteiger partial charge in [-0.15, -0.1) is 0 Å². The third-order valence-electron chi connectivity index (χ3n) is 3.06. The van der Waals surface area contributed by atoms with E-state index in [-0.39, 0.29) is 5.82 Å². The second-order valence-electron chi connectivity index (χ2n) is 4.32. The minimum atomic E-state index is -0.147. The van der Waals surface area contributed by atoms with Crippen LogP contribution in [0, 0.1) is 5.82 Å². The van der Waals surface area contributed by atoms with Crippen molar-refractivity contribution in [2.45, 2.75) is 12.8 Å². The molecule has 0 aliphatic carbocycles. The van der Waals surface area contributed by atoms with Crippen molar-refractivity contribution in [3.8, 4) is 0 Å². The molecule has 1 N–H and O–H groups in total. The van der Waals surface area contributed by atoms with E-state index in [9.17, 15) is 4.39 Å². The molecule has 1 heterocycles. The molecule has 0 aromatic heterocycles. The van der Waals surface area contributed by atoms with E-state index in [4.69, 9.17) is 0 Å². The number of piperazine rings is 1. The summed E-state index contributed by atoms with van der Waals surface area (Å²) in [5.41, 5.74) is 1.23. The van der Waals surface area contributed by atoms with Crippen LogP contribution in [0.25, 0.3) is 0 Å². The highest BCUT2D eigenvalue weighted by Gasteiger charge is 2.08. The number of nitrogens with zero attached hydrogens (tertiary/aromatic N) is 1. The van der Waals surface area contributed by atoms with Gasteiger partial charge in [-0.1, -0.05) is 12.1 Å². The lowest BCUT2D eigenvalue weighted by atomic mass is 10.1. The van der Waals surface area contributed by atoms with Gasteiger partial charge in [-0.2, -0.15) is 0 Å². The van der Waals surface area contributed by atoms with Crippen LogP contribution in [0.1, 0.15) is 12.0 Å². The first-order valence-electron chi connectivity index (χ1n) is 6.02. The van der Waals surface area contributed by atoms with Gasteiger partial charge in [-0.25, -0.2) is 4.39 Å². The predicted molar refractivity (Wildman–Crippen MR) is 64.0 cm³/mol. The molecule has 0 spiro atoms. The third kappa shape index (κ3) is 3.58. The van der Waals surface area contributed by atoms with Crippen molar-refractivity contribution in [3.63, 3.8) is 0 Å². The highest BCUT2D eigenvalue weighted by Crippen LogP contribution is 2.06. The average Bonchev–Trinajstić information content (AvgIpc) is 2.33. The van der Waals surface area contributed by atoms with E-state index in [2.05, 4.69) is 10.2 Å². The molecule has 3 heteroatoms. The van der Waals surface area contributed by atoms with E-state index in [0.717, 1.165) is 45.6 Å². The van der Waals surface area contributed by atoms with Crippen LogP contribution in [0.4, 0.5) is 4.39 Å². The Kier molecular flexibility index (Phi) is 4.31. The zero-order valence-electron chi connectivity index (χ0n) is 9.58. The molecule has 2 rings (SSSR count). The first-order chi connectivity index (χ1) is 7.84. The van der Waals surface area contributed by atoms with Crippen molar-refractivity contribution >= 4 is 0 Å². The first kappa shape index (κ1) is 11.6. The maximum absolute atomic E-state index is 12.7. The second-order valence-corrected chi connectivity index (χ2v) is 4.32. The molecule has 0 amide bonds. The summed E-state index contributed by atoms with van der Waals surface area (Å²) in [6.07, 6.45) is 2.20. The summed E-state index contributed by atoms with van der Waals surface area (Å²) < 4.78 is 12.7. The lowest BCUT2D eigenvalue weighted by Crippen LogP contribution is -2.43. The molecule has 2 nitrogen and oxygen atoms in total. The smallest absolute Gasteiger partial charge is 0.123 e. The number of rotatable bonds is 4. The number of halogens is 1. The van der Waals surface area contributed by atoms with Crippen LogP contribution in [0.3, 0.4) is 0 Å². The van der Waals surface area contributed by atoms with Gasteiger partial charge in [0.2, 0.25) is 0 Å². The van der Waals surface area contributed by atoms with Crippen molar-refractivity contribution in [3.05, 3.63) is 35.6 Å². The minimum absolute atomic E-state index is 0.147. The summed E-state index contributed by atoms with van der Waals surface area (Å²) in [7, 11) is 0. The van der Waals surface area contributed by atoms with Crippen molar-refractivity contribution in [1.29, 1.82) is 0 Å². The highest BCUT2D eigenvalue weighted by molar-refractivity contribution is 5.15. The van der Waals surface area contributed by atoms with Crippen molar-refractivity contribution < 1.29 is 4.39 Å². The van der Waals surface area contributed by atoms with E-state index >= 15 is 0 Å². The second kappa shape index (κ2) is 5.97. The fourth-order valence-electron chi connectivity index (χ4n) is 2.09. The molecule has 0 saturated carbocycles. The summed E-state index contributed by atoms with van der Waals surface area (Å²) >= 11 is 0. The summed E-state index contributed by atoms with van der Waals surface area (Å²) in [5.74, 6) is -0.147. The van der Waals surface area contributed by atoms with Crippen LogP contribution < -0.4 is 5.32 Å². The number of benzene rings is 1. The van der Waals surface area contributed by atoms with Gasteiger partial charge in [0.25, 0.3) is 0 Å². The van der Waals surface area contributed by atoms with Crippen LogP contribution in [-0.4, -0.2) is 37.6 Å². The van der Waals surface area contributed by atoms with Crippen LogP contribution in [-0.2, 0) is 6.42 Å². The molecule has 1 aromatic rings. The molecule has 1 aliphatic heterocycles. The Balaban J connectivity index is 1.69. The quantitative estimate of drug-likeness (QED) is 0.833. The Bertz CT molecular complexity index is 304. The molecule has 0 unspecified atom stereocenters. The number of hydrogen-bond donors (Lipinski definition) is 1. The van der Waals surface area contributed by atoms with Crippen molar-refractivity contribution in [2.75, 3.05) is 32.7 Å². The lowest BCUT2D eigenvalue weighted by molar-refractivity contribution is 0.238. The molecule has 1 aromatic carbocycles. The van der Waals surface area contributed by atoms with Gasteiger partial charge in [-0.05, 0) is 37.1 Å². The molecule has 88 valence electrons. The highest BCUT2D eigenvalue weighted by atomic mass is 19.1. The van der Waals surface area contributed by atoms with Crippen molar-refractivity contribution in [1.82, 2.24) is 10.2 Å². The SMILES string of the molecule is Fc1ccc(CCCN2CCNCC2)cc1. The molecule has 0 atom stereocenters. The van der Waals surface area contributed by atoms with Gasteiger partial charge in [-0.3, -0.25) is 0 Å². The van der Waals surface area contributed by atoms with Crippen molar-refractivity contribution in [2.24, 2.45) is 0 Å². The van der Waals surface area contributed by atoms with E-state index < -0.39 is 0 Å². The van der Waals surface area contributed by atoms with Gasteiger partial charge in [0.1, 0.15) is 5.82 Å². The number of nitrogens with one attached hydrogen (secondary N) is 1. The molecule has 1 aliphatic rings. The predicted octanol–water partition coefficient (Wildman–Crippen LogP) is 1.66. The summed E-state index contributed by atoms with van der Waals surface area (Å²) in [6.45, 7) is 5.68. The fraction of sp³-hybridized carbons (Fsp3) is 0.538. The molecular formula is C13H19FN2. The monoisotopic (exact) mass is 222 g/mol. The van der Waals surface area contributed by atoms with E-state index in [1.54, 1.807) is 12.1 Å². The zero-order chi connectivity index (χ0) is 11.2. The molecule has 0 radical (unpaired) electrons. The van der Waals surface area contributed by atoms with Gasteiger partial charge < -0.3 is 10.2 Å². The minimum Gasteiger partial charge on any atom is -0.314 e. The Morgan fingerprint density at radius 1 is 1.12 bits per heavy atom. The van der Waals surface area contributed by atoms with Gasteiger partial charge >= 0.3 is 0 Å². The van der Waals surface area contributed by atoms with Crippen LogP contribution in [0.15, 0.2) is 24.3 Å². The summed E-state index contributed by atoms with van der Waals surface area (Å²) in [5, 5.41) is 3.35. The topological polar surface area (TPSA) is 15.3 Å². The average molecular weight is 222 g/mol. The maximum Gasteiger partial charge on any atom is 0.123 e. The van der Waals surface area contributed by atoms with E-state index in [1.165, 1.54) is 5.56 Å². The van der Waals surface area contributed by atoms with Crippen LogP contribution >= 0.6 is 0 Å². The van der Waals surface area contributed by atoms with Crippen LogP contribution in [0.2, 0.25) is 0 Å². The van der Waals surface area contributed by atoms with Gasteiger partial charge in [0, 0.05) is 26.2 Å². The summed E-state index contributed by atoms with van der Waals surface area (Å²) in [6, 6.07) is 6.85. The Morgan fingerprint density at radius 2 is 1.81 bits per heavy atom.